The summed E-state index contributed by atoms with van der Waals surface area (Å²) < 4.78 is 52.3. The Morgan fingerprint density at radius 2 is 1.93 bits per heavy atom. The fraction of sp³-hybridized carbons (Fsp3) is 0.0625. The van der Waals surface area contributed by atoms with Gasteiger partial charge in [-0.15, -0.1) is 0 Å². The number of hydrogen-bond donors (Lipinski definition) is 2. The molecule has 0 spiro atoms. The van der Waals surface area contributed by atoms with E-state index in [9.17, 15) is 22.4 Å². The number of alkyl halides is 3. The third-order valence-corrected chi connectivity index (χ3v) is 3.92. The number of benzene rings is 1. The number of carbonyl (C=O) groups is 1. The molecule has 27 heavy (non-hydrogen) atoms. The van der Waals surface area contributed by atoms with Crippen molar-refractivity contribution in [3.05, 3.63) is 64.7 Å². The minimum atomic E-state index is -4.54. The monoisotopic (exact) mass is 399 g/mol. The molecule has 11 heteroatoms. The molecule has 0 fully saturated rings. The molecule has 3 aromatic rings. The van der Waals surface area contributed by atoms with Crippen molar-refractivity contribution in [3.8, 4) is 5.69 Å². The highest BCUT2D eigenvalue weighted by Gasteiger charge is 2.30. The van der Waals surface area contributed by atoms with Crippen LogP contribution in [-0.2, 0) is 6.18 Å². The number of amides is 1. The molecule has 0 aliphatic heterocycles. The van der Waals surface area contributed by atoms with Gasteiger partial charge in [0, 0.05) is 6.20 Å². The number of rotatable bonds is 3. The minimum Gasteiger partial charge on any atom is -0.383 e. The summed E-state index contributed by atoms with van der Waals surface area (Å²) in [5.41, 5.74) is 4.97. The highest BCUT2D eigenvalue weighted by molar-refractivity contribution is 6.32. The Labute approximate surface area is 154 Å². The number of hydrogen-bond acceptors (Lipinski definition) is 4. The number of pyridine rings is 1. The summed E-state index contributed by atoms with van der Waals surface area (Å²) in [5, 5.41) is 5.99. The fourth-order valence-corrected chi connectivity index (χ4v) is 2.41. The molecule has 3 rings (SSSR count). The average molecular weight is 400 g/mol. The second kappa shape index (κ2) is 6.88. The number of nitrogens with zero attached hydrogens (tertiary/aromatic N) is 3. The number of halogens is 5. The van der Waals surface area contributed by atoms with Gasteiger partial charge in [-0.05, 0) is 24.3 Å². The molecule has 0 aliphatic rings. The van der Waals surface area contributed by atoms with E-state index in [1.165, 1.54) is 12.1 Å². The number of nitrogen functional groups attached to an aromatic ring is 1. The zero-order chi connectivity index (χ0) is 19.8. The Bertz CT molecular complexity index is 1000. The summed E-state index contributed by atoms with van der Waals surface area (Å²) >= 11 is 5.88. The van der Waals surface area contributed by atoms with E-state index in [-0.39, 0.29) is 27.9 Å². The van der Waals surface area contributed by atoms with Gasteiger partial charge in [0.25, 0.3) is 5.91 Å². The molecule has 0 aliphatic carbocycles. The van der Waals surface area contributed by atoms with Crippen molar-refractivity contribution in [3.63, 3.8) is 0 Å². The van der Waals surface area contributed by atoms with Crippen LogP contribution >= 0.6 is 11.6 Å². The number of nitrogens with one attached hydrogen (secondary N) is 1. The van der Waals surface area contributed by atoms with E-state index in [0.717, 1.165) is 29.1 Å². The van der Waals surface area contributed by atoms with Gasteiger partial charge < -0.3 is 11.1 Å². The van der Waals surface area contributed by atoms with Gasteiger partial charge in [0.1, 0.15) is 28.0 Å². The third-order valence-electron chi connectivity index (χ3n) is 3.54. The molecule has 1 amide bonds. The largest absolute Gasteiger partial charge is 0.417 e. The Morgan fingerprint density at radius 1 is 1.19 bits per heavy atom. The minimum absolute atomic E-state index is 0.0861. The highest BCUT2D eigenvalue weighted by atomic mass is 35.5. The van der Waals surface area contributed by atoms with Crippen LogP contribution in [0.15, 0.2) is 42.7 Å². The van der Waals surface area contributed by atoms with Crippen LogP contribution < -0.4 is 11.1 Å². The van der Waals surface area contributed by atoms with Gasteiger partial charge in [-0.2, -0.15) is 18.3 Å². The molecule has 1 aromatic carbocycles. The second-order valence-electron chi connectivity index (χ2n) is 5.31. The van der Waals surface area contributed by atoms with Crippen molar-refractivity contribution >= 4 is 29.1 Å². The first kappa shape index (κ1) is 18.6. The average Bonchev–Trinajstić information content (AvgIpc) is 2.98. The Balaban J connectivity index is 1.84. The molecule has 3 N–H and O–H groups in total. The fourth-order valence-electron chi connectivity index (χ4n) is 2.20. The van der Waals surface area contributed by atoms with Crippen LogP contribution in [0.25, 0.3) is 5.69 Å². The van der Waals surface area contributed by atoms with Crippen molar-refractivity contribution in [2.75, 3.05) is 11.1 Å². The first-order valence-electron chi connectivity index (χ1n) is 7.31. The Kier molecular flexibility index (Phi) is 4.75. The van der Waals surface area contributed by atoms with Gasteiger partial charge in [0.05, 0.1) is 17.4 Å². The SMILES string of the molecule is Nc1c(C(=O)Nc2ccc(C(F)(F)F)cn2)cnn1-c1cccc(F)c1Cl. The van der Waals surface area contributed by atoms with Gasteiger partial charge in [0.2, 0.25) is 0 Å². The molecule has 0 unspecified atom stereocenters. The summed E-state index contributed by atoms with van der Waals surface area (Å²) in [6.07, 6.45) is -2.82. The van der Waals surface area contributed by atoms with E-state index < -0.39 is 23.5 Å². The molecular formula is C16H10ClF4N5O. The topological polar surface area (TPSA) is 85.8 Å². The molecule has 0 saturated heterocycles. The quantitative estimate of drug-likeness (QED) is 0.654. The van der Waals surface area contributed by atoms with E-state index >= 15 is 0 Å². The van der Waals surface area contributed by atoms with Gasteiger partial charge in [-0.1, -0.05) is 17.7 Å². The summed E-state index contributed by atoms with van der Waals surface area (Å²) in [6, 6.07) is 5.78. The van der Waals surface area contributed by atoms with Gasteiger partial charge >= 0.3 is 6.18 Å². The van der Waals surface area contributed by atoms with Crippen LogP contribution in [0, 0.1) is 5.82 Å². The van der Waals surface area contributed by atoms with Crippen molar-refractivity contribution in [1.82, 2.24) is 14.8 Å². The zero-order valence-corrected chi connectivity index (χ0v) is 14.0. The number of aromatic nitrogens is 3. The van der Waals surface area contributed by atoms with Crippen LogP contribution in [0.3, 0.4) is 0 Å². The first-order chi connectivity index (χ1) is 12.7. The summed E-state index contributed by atoms with van der Waals surface area (Å²) in [6.45, 7) is 0. The lowest BCUT2D eigenvalue weighted by Crippen LogP contribution is -2.15. The van der Waals surface area contributed by atoms with Crippen LogP contribution in [0.5, 0.6) is 0 Å². The zero-order valence-electron chi connectivity index (χ0n) is 13.3. The maximum absolute atomic E-state index is 13.6. The highest BCUT2D eigenvalue weighted by Crippen LogP contribution is 2.29. The number of nitrogens with two attached hydrogens (primary N) is 1. The third kappa shape index (κ3) is 3.70. The summed E-state index contributed by atoms with van der Waals surface area (Å²) in [4.78, 5) is 15.8. The molecule has 140 valence electrons. The van der Waals surface area contributed by atoms with E-state index in [1.54, 1.807) is 0 Å². The predicted molar refractivity (Wildman–Crippen MR) is 90.1 cm³/mol. The number of anilines is 2. The van der Waals surface area contributed by atoms with Crippen molar-refractivity contribution in [2.24, 2.45) is 0 Å². The van der Waals surface area contributed by atoms with Crippen molar-refractivity contribution in [2.45, 2.75) is 6.18 Å². The molecule has 0 saturated carbocycles. The second-order valence-corrected chi connectivity index (χ2v) is 5.69. The first-order valence-corrected chi connectivity index (χ1v) is 7.68. The van der Waals surface area contributed by atoms with Gasteiger partial charge in [-0.25, -0.2) is 14.1 Å². The molecule has 0 bridgehead atoms. The smallest absolute Gasteiger partial charge is 0.383 e. The van der Waals surface area contributed by atoms with E-state index in [4.69, 9.17) is 17.3 Å². The van der Waals surface area contributed by atoms with Crippen molar-refractivity contribution in [1.29, 1.82) is 0 Å². The molecule has 0 radical (unpaired) electrons. The van der Waals surface area contributed by atoms with Crippen LogP contribution in [0.4, 0.5) is 29.2 Å². The molecule has 0 atom stereocenters. The number of carbonyl (C=O) groups excluding carboxylic acids is 1. The normalized spacial score (nSPS) is 11.4. The molecule has 2 heterocycles. The lowest BCUT2D eigenvalue weighted by molar-refractivity contribution is -0.137. The van der Waals surface area contributed by atoms with E-state index in [0.29, 0.717) is 6.20 Å². The standard InChI is InChI=1S/C16H10ClF4N5O/c17-13-10(18)2-1-3-11(13)26-14(22)9(7-24-26)15(27)25-12-5-4-8(6-23-12)16(19,20)21/h1-7H,22H2,(H,23,25,27). The van der Waals surface area contributed by atoms with Crippen LogP contribution in [0.1, 0.15) is 15.9 Å². The molecule has 2 aromatic heterocycles. The van der Waals surface area contributed by atoms with Gasteiger partial charge in [-0.3, -0.25) is 4.79 Å². The lowest BCUT2D eigenvalue weighted by Gasteiger charge is -2.09. The van der Waals surface area contributed by atoms with Gasteiger partial charge in [0.15, 0.2) is 0 Å². The Morgan fingerprint density at radius 3 is 2.56 bits per heavy atom. The maximum Gasteiger partial charge on any atom is 0.417 e. The molecular weight excluding hydrogens is 390 g/mol. The Hall–Kier alpha value is -3.14. The maximum atomic E-state index is 13.6. The van der Waals surface area contributed by atoms with E-state index in [1.807, 2.05) is 0 Å². The van der Waals surface area contributed by atoms with Crippen LogP contribution in [0.2, 0.25) is 5.02 Å². The predicted octanol–water partition coefficient (Wildman–Crippen LogP) is 3.91. The van der Waals surface area contributed by atoms with E-state index in [2.05, 4.69) is 15.4 Å². The van der Waals surface area contributed by atoms with Crippen LogP contribution in [-0.4, -0.2) is 20.7 Å². The molecule has 6 nitrogen and oxygen atoms in total. The van der Waals surface area contributed by atoms with Crippen molar-refractivity contribution < 1.29 is 22.4 Å². The summed E-state index contributed by atoms with van der Waals surface area (Å²) in [7, 11) is 0. The lowest BCUT2D eigenvalue weighted by atomic mass is 10.2. The summed E-state index contributed by atoms with van der Waals surface area (Å²) in [5.74, 6) is -1.68.